The van der Waals surface area contributed by atoms with Crippen LogP contribution in [0, 0.1) is 11.7 Å². The van der Waals surface area contributed by atoms with Gasteiger partial charge in [0.2, 0.25) is 0 Å². The number of fused-ring (bicyclic) bond motifs is 2. The summed E-state index contributed by atoms with van der Waals surface area (Å²) in [6.45, 7) is 14.9. The number of hydrogen-bond donors (Lipinski definition) is 1. The van der Waals surface area contributed by atoms with E-state index < -0.39 is 0 Å². The summed E-state index contributed by atoms with van der Waals surface area (Å²) in [5.74, 6) is 0.707. The summed E-state index contributed by atoms with van der Waals surface area (Å²) in [6.07, 6.45) is 12.3. The van der Waals surface area contributed by atoms with Gasteiger partial charge >= 0.3 is 0 Å². The van der Waals surface area contributed by atoms with Gasteiger partial charge in [-0.1, -0.05) is 128 Å². The molecule has 0 amide bonds. The molecular formula is C32H46FN. The van der Waals surface area contributed by atoms with E-state index in [1.807, 2.05) is 45.2 Å². The van der Waals surface area contributed by atoms with E-state index in [-0.39, 0.29) is 5.82 Å². The van der Waals surface area contributed by atoms with Gasteiger partial charge < -0.3 is 5.32 Å². The van der Waals surface area contributed by atoms with Gasteiger partial charge in [-0.25, -0.2) is 4.39 Å². The Balaban J connectivity index is 0.000000469. The Morgan fingerprint density at radius 3 is 2.00 bits per heavy atom. The van der Waals surface area contributed by atoms with Crippen molar-refractivity contribution in [3.05, 3.63) is 89.8 Å². The van der Waals surface area contributed by atoms with Gasteiger partial charge in [0.25, 0.3) is 0 Å². The lowest BCUT2D eigenvalue weighted by Gasteiger charge is -2.07. The molecule has 0 spiro atoms. The third kappa shape index (κ3) is 12.4. The molecule has 1 N–H and O–H groups in total. The van der Waals surface area contributed by atoms with Crippen LogP contribution >= 0.6 is 0 Å². The molecular weight excluding hydrogens is 417 g/mol. The highest BCUT2D eigenvalue weighted by molar-refractivity contribution is 5.82. The Kier molecular flexibility index (Phi) is 17.9. The van der Waals surface area contributed by atoms with Gasteiger partial charge in [0.15, 0.2) is 0 Å². The van der Waals surface area contributed by atoms with Crippen LogP contribution < -0.4 is 5.32 Å². The highest BCUT2D eigenvalue weighted by Crippen LogP contribution is 2.24. The van der Waals surface area contributed by atoms with Gasteiger partial charge in [0, 0.05) is 18.3 Å². The molecule has 0 fully saturated rings. The van der Waals surface area contributed by atoms with E-state index in [4.69, 9.17) is 0 Å². The highest BCUT2D eigenvalue weighted by atomic mass is 19.1. The van der Waals surface area contributed by atoms with E-state index in [0.717, 1.165) is 23.1 Å². The SMILES string of the molecule is CC.CCC.CCC(C)C.CNc1cccc2c1C=CCC=C2.Fc1ccc2ccccc2c1. The van der Waals surface area contributed by atoms with E-state index in [0.29, 0.717) is 0 Å². The molecule has 0 saturated carbocycles. The average Bonchev–Trinajstić information content (AvgIpc) is 3.12. The minimum absolute atomic E-state index is 0.177. The summed E-state index contributed by atoms with van der Waals surface area (Å²) in [7, 11) is 1.96. The average molecular weight is 464 g/mol. The number of anilines is 1. The number of benzene rings is 3. The minimum atomic E-state index is -0.177. The summed E-state index contributed by atoms with van der Waals surface area (Å²) in [5, 5.41) is 5.23. The second kappa shape index (κ2) is 19.6. The predicted molar refractivity (Wildman–Crippen MR) is 155 cm³/mol. The lowest BCUT2D eigenvalue weighted by molar-refractivity contribution is 0.626. The molecule has 4 rings (SSSR count). The van der Waals surface area contributed by atoms with Gasteiger partial charge in [-0.2, -0.15) is 0 Å². The molecule has 34 heavy (non-hydrogen) atoms. The first kappa shape index (κ1) is 31.1. The van der Waals surface area contributed by atoms with Crippen molar-refractivity contribution < 1.29 is 4.39 Å². The maximum Gasteiger partial charge on any atom is 0.123 e. The van der Waals surface area contributed by atoms with E-state index in [2.05, 4.69) is 82.4 Å². The van der Waals surface area contributed by atoms with Crippen molar-refractivity contribution in [2.24, 2.45) is 5.92 Å². The predicted octanol–water partition coefficient (Wildman–Crippen LogP) is 10.6. The second-order valence-corrected chi connectivity index (χ2v) is 8.10. The fourth-order valence-electron chi connectivity index (χ4n) is 2.75. The molecule has 0 atom stereocenters. The van der Waals surface area contributed by atoms with Crippen molar-refractivity contribution in [3.63, 3.8) is 0 Å². The summed E-state index contributed by atoms with van der Waals surface area (Å²) in [5.41, 5.74) is 3.78. The monoisotopic (exact) mass is 463 g/mol. The van der Waals surface area contributed by atoms with E-state index >= 15 is 0 Å². The number of allylic oxidation sites excluding steroid dienone is 2. The fraction of sp³-hybridized carbons (Fsp3) is 0.375. The van der Waals surface area contributed by atoms with Crippen molar-refractivity contribution in [3.8, 4) is 0 Å². The summed E-state index contributed by atoms with van der Waals surface area (Å²) < 4.78 is 12.6. The molecule has 0 aromatic heterocycles. The quantitative estimate of drug-likeness (QED) is 0.398. The maximum absolute atomic E-state index is 12.6. The van der Waals surface area contributed by atoms with Crippen LogP contribution in [0.15, 0.2) is 72.8 Å². The Labute approximate surface area is 208 Å². The smallest absolute Gasteiger partial charge is 0.123 e. The first-order valence-corrected chi connectivity index (χ1v) is 12.7. The molecule has 1 aliphatic carbocycles. The van der Waals surface area contributed by atoms with E-state index in [9.17, 15) is 4.39 Å². The molecule has 0 bridgehead atoms. The summed E-state index contributed by atoms with van der Waals surface area (Å²) >= 11 is 0. The Hall–Kier alpha value is -2.87. The van der Waals surface area contributed by atoms with Gasteiger partial charge in [-0.3, -0.25) is 0 Å². The fourth-order valence-corrected chi connectivity index (χ4v) is 2.75. The van der Waals surface area contributed by atoms with Crippen LogP contribution in [-0.2, 0) is 0 Å². The van der Waals surface area contributed by atoms with Crippen molar-refractivity contribution in [1.29, 1.82) is 0 Å². The molecule has 1 nitrogen and oxygen atoms in total. The van der Waals surface area contributed by atoms with Crippen LogP contribution in [-0.4, -0.2) is 7.05 Å². The third-order valence-corrected chi connectivity index (χ3v) is 4.79. The van der Waals surface area contributed by atoms with Crippen LogP contribution in [0.25, 0.3) is 22.9 Å². The molecule has 0 aliphatic heterocycles. The lowest BCUT2D eigenvalue weighted by atomic mass is 10.1. The standard InChI is InChI=1S/C12H13N.C10H7F.C5H12.C3H8.C2H6/c1-13-12-9-5-7-10-6-3-2-4-8-11(10)12;11-10-6-5-8-3-1-2-4-9(8)7-10;1-4-5(2)3;1-3-2;1-2/h3-9,13H,2H2,1H3;1-7H;5H,4H2,1-3H3;3H2,1-2H3;1-2H3. The van der Waals surface area contributed by atoms with Crippen molar-refractivity contribution in [1.82, 2.24) is 0 Å². The second-order valence-electron chi connectivity index (χ2n) is 8.10. The van der Waals surface area contributed by atoms with Crippen LogP contribution in [0.1, 0.15) is 78.9 Å². The molecule has 0 radical (unpaired) electrons. The van der Waals surface area contributed by atoms with Crippen molar-refractivity contribution >= 4 is 28.6 Å². The van der Waals surface area contributed by atoms with Crippen LogP contribution in [0.3, 0.4) is 0 Å². The van der Waals surface area contributed by atoms with Crippen molar-refractivity contribution in [2.45, 2.75) is 67.7 Å². The van der Waals surface area contributed by atoms with Gasteiger partial charge in [0.1, 0.15) is 5.82 Å². The first-order chi connectivity index (χ1) is 16.5. The van der Waals surface area contributed by atoms with Crippen LogP contribution in [0.2, 0.25) is 0 Å². The van der Waals surface area contributed by atoms with Gasteiger partial charge in [0.05, 0.1) is 0 Å². The van der Waals surface area contributed by atoms with Crippen molar-refractivity contribution in [2.75, 3.05) is 12.4 Å². The van der Waals surface area contributed by atoms with Crippen LogP contribution in [0.4, 0.5) is 10.1 Å². The Morgan fingerprint density at radius 2 is 1.41 bits per heavy atom. The molecule has 0 saturated heterocycles. The highest BCUT2D eigenvalue weighted by Gasteiger charge is 2.02. The third-order valence-electron chi connectivity index (χ3n) is 4.79. The number of hydrogen-bond acceptors (Lipinski definition) is 1. The zero-order valence-corrected chi connectivity index (χ0v) is 22.7. The molecule has 3 aromatic rings. The normalized spacial score (nSPS) is 10.6. The number of halogens is 1. The Bertz CT molecular complexity index is 970. The number of nitrogens with one attached hydrogen (secondary N) is 1. The van der Waals surface area contributed by atoms with Crippen LogP contribution in [0.5, 0.6) is 0 Å². The topological polar surface area (TPSA) is 12.0 Å². The maximum atomic E-state index is 12.6. The molecule has 3 aromatic carbocycles. The number of rotatable bonds is 2. The summed E-state index contributed by atoms with van der Waals surface area (Å²) in [6, 6.07) is 18.8. The van der Waals surface area contributed by atoms with Gasteiger partial charge in [-0.05, 0) is 46.9 Å². The molecule has 0 heterocycles. The van der Waals surface area contributed by atoms with E-state index in [1.54, 1.807) is 6.07 Å². The lowest BCUT2D eigenvalue weighted by Crippen LogP contribution is -1.92. The molecule has 186 valence electrons. The summed E-state index contributed by atoms with van der Waals surface area (Å²) in [4.78, 5) is 0. The first-order valence-electron chi connectivity index (χ1n) is 12.7. The minimum Gasteiger partial charge on any atom is -0.388 e. The molecule has 0 unspecified atom stereocenters. The molecule has 2 heteroatoms. The zero-order valence-electron chi connectivity index (χ0n) is 22.7. The molecule has 1 aliphatic rings. The van der Waals surface area contributed by atoms with Gasteiger partial charge in [-0.15, -0.1) is 0 Å². The van der Waals surface area contributed by atoms with E-state index in [1.165, 1.54) is 41.8 Å². The zero-order chi connectivity index (χ0) is 25.8. The Morgan fingerprint density at radius 1 is 0.824 bits per heavy atom. The largest absolute Gasteiger partial charge is 0.388 e.